The summed E-state index contributed by atoms with van der Waals surface area (Å²) in [7, 11) is 1.67. The molecule has 1 atom stereocenters. The summed E-state index contributed by atoms with van der Waals surface area (Å²) >= 11 is 1.52. The van der Waals surface area contributed by atoms with Crippen LogP contribution >= 0.6 is 11.8 Å². The smallest absolute Gasteiger partial charge is 0.332 e. The van der Waals surface area contributed by atoms with Gasteiger partial charge in [-0.3, -0.25) is 18.9 Å². The van der Waals surface area contributed by atoms with Gasteiger partial charge >= 0.3 is 5.69 Å². The molecule has 2 aromatic heterocycles. The monoisotopic (exact) mass is 481 g/mol. The lowest BCUT2D eigenvalue weighted by atomic mass is 9.95. The van der Waals surface area contributed by atoms with E-state index in [9.17, 15) is 9.59 Å². The van der Waals surface area contributed by atoms with E-state index in [4.69, 9.17) is 15.7 Å². The lowest BCUT2D eigenvalue weighted by Crippen LogP contribution is -2.44. The number of aryl methyl sites for hydroxylation is 2. The molecule has 0 amide bonds. The summed E-state index contributed by atoms with van der Waals surface area (Å²) in [6, 6.07) is 8.22. The Balaban J connectivity index is 1.61. The number of nitrogens with zero attached hydrogens (tertiary/aromatic N) is 6. The average Bonchev–Trinajstić information content (AvgIpc) is 3.20. The molecule has 0 radical (unpaired) electrons. The number of hydrogen-bond acceptors (Lipinski definition) is 7. The number of rotatable bonds is 4. The quantitative estimate of drug-likeness (QED) is 0.613. The highest BCUT2D eigenvalue weighted by molar-refractivity contribution is 8.14. The third kappa shape index (κ3) is 3.69. The van der Waals surface area contributed by atoms with Gasteiger partial charge in [-0.15, -0.1) is 0 Å². The number of benzene rings is 1. The topological polar surface area (TPSA) is 103 Å². The van der Waals surface area contributed by atoms with Gasteiger partial charge in [-0.05, 0) is 45.2 Å². The summed E-state index contributed by atoms with van der Waals surface area (Å²) < 4.78 is 4.68. The third-order valence-electron chi connectivity index (χ3n) is 6.74. The van der Waals surface area contributed by atoms with Crippen molar-refractivity contribution >= 4 is 33.9 Å². The van der Waals surface area contributed by atoms with Crippen LogP contribution in [0.5, 0.6) is 0 Å². The van der Waals surface area contributed by atoms with E-state index in [0.717, 1.165) is 34.9 Å². The Labute approximate surface area is 202 Å². The Morgan fingerprint density at radius 2 is 1.97 bits per heavy atom. The predicted octanol–water partition coefficient (Wildman–Crippen LogP) is 2.28. The van der Waals surface area contributed by atoms with Crippen LogP contribution in [-0.2, 0) is 25.7 Å². The molecular weight excluding hydrogens is 450 g/mol. The van der Waals surface area contributed by atoms with Gasteiger partial charge in [-0.1, -0.05) is 30.0 Å². The minimum absolute atomic E-state index is 0.0758. The van der Waals surface area contributed by atoms with E-state index in [-0.39, 0.29) is 23.8 Å². The Bertz CT molecular complexity index is 1420. The molecule has 34 heavy (non-hydrogen) atoms. The van der Waals surface area contributed by atoms with Crippen molar-refractivity contribution < 1.29 is 0 Å². The van der Waals surface area contributed by atoms with Gasteiger partial charge in [-0.2, -0.15) is 4.98 Å². The zero-order chi connectivity index (χ0) is 24.2. The van der Waals surface area contributed by atoms with Crippen molar-refractivity contribution in [2.45, 2.75) is 63.2 Å². The minimum Gasteiger partial charge on any atom is -0.341 e. The number of aliphatic imine (C=N–C) groups is 1. The summed E-state index contributed by atoms with van der Waals surface area (Å²) in [5, 5.41) is 0.743. The molecule has 0 spiro atoms. The van der Waals surface area contributed by atoms with E-state index >= 15 is 0 Å². The van der Waals surface area contributed by atoms with Gasteiger partial charge in [0, 0.05) is 37.6 Å². The number of nitrogens with two attached hydrogens (primary N) is 1. The van der Waals surface area contributed by atoms with Crippen LogP contribution in [0.4, 0.5) is 5.95 Å². The summed E-state index contributed by atoms with van der Waals surface area (Å²) in [6.07, 6.45) is 1.96. The molecule has 180 valence electrons. The average molecular weight is 482 g/mol. The number of piperidine rings is 1. The van der Waals surface area contributed by atoms with Crippen molar-refractivity contribution in [1.82, 2.24) is 18.7 Å². The molecule has 2 aliphatic rings. The van der Waals surface area contributed by atoms with Crippen molar-refractivity contribution in [3.05, 3.63) is 50.7 Å². The highest BCUT2D eigenvalue weighted by Crippen LogP contribution is 2.39. The Hall–Kier alpha value is -2.85. The Morgan fingerprint density at radius 1 is 1.21 bits per heavy atom. The summed E-state index contributed by atoms with van der Waals surface area (Å²) in [6.45, 7) is 8.32. The molecule has 5 rings (SSSR count). The van der Waals surface area contributed by atoms with E-state index in [0.29, 0.717) is 30.2 Å². The van der Waals surface area contributed by atoms with Crippen molar-refractivity contribution in [2.24, 2.45) is 17.8 Å². The molecule has 9 nitrogen and oxygen atoms in total. The summed E-state index contributed by atoms with van der Waals surface area (Å²) in [4.78, 5) is 39.9. The van der Waals surface area contributed by atoms with Gasteiger partial charge in [0.25, 0.3) is 5.56 Å². The van der Waals surface area contributed by atoms with Gasteiger partial charge in [0.15, 0.2) is 11.2 Å². The molecule has 2 N–H and O–H groups in total. The Morgan fingerprint density at radius 3 is 2.71 bits per heavy atom. The summed E-state index contributed by atoms with van der Waals surface area (Å²) in [5.74, 6) is 0.706. The van der Waals surface area contributed by atoms with Crippen molar-refractivity contribution in [1.29, 1.82) is 0 Å². The zero-order valence-corrected chi connectivity index (χ0v) is 20.9. The highest BCUT2D eigenvalue weighted by Gasteiger charge is 2.30. The van der Waals surface area contributed by atoms with Gasteiger partial charge in [-0.25, -0.2) is 4.79 Å². The van der Waals surface area contributed by atoms with Crippen LogP contribution in [0.1, 0.15) is 39.2 Å². The molecule has 0 bridgehead atoms. The van der Waals surface area contributed by atoms with Crippen molar-refractivity contribution in [3.8, 4) is 0 Å². The number of fused-ring (bicyclic) bond motifs is 2. The molecule has 1 unspecified atom stereocenters. The van der Waals surface area contributed by atoms with Crippen molar-refractivity contribution in [2.75, 3.05) is 18.0 Å². The minimum atomic E-state index is -0.429. The first-order valence-electron chi connectivity index (χ1n) is 11.8. The normalized spacial score (nSPS) is 19.9. The van der Waals surface area contributed by atoms with Gasteiger partial charge in [0.2, 0.25) is 5.95 Å². The van der Waals surface area contributed by atoms with Crippen LogP contribution in [0.2, 0.25) is 0 Å². The van der Waals surface area contributed by atoms with Crippen LogP contribution in [-0.4, -0.2) is 42.9 Å². The summed E-state index contributed by atoms with van der Waals surface area (Å²) in [5.41, 5.74) is 7.05. The second-order valence-corrected chi connectivity index (χ2v) is 10.7. The standard InChI is InChI=1S/C24H31N7O2S/c1-5-30-19-20(26-22(30)29-12-8-9-15(25)13-29)28(4)23(33)31(21(19)32)14-18-27-24(2,3)16-10-6-7-11-17(16)34-18/h6-7,10-11,15H,5,8-9,12-14,25H2,1-4H3. The van der Waals surface area contributed by atoms with E-state index in [2.05, 4.69) is 30.9 Å². The highest BCUT2D eigenvalue weighted by atomic mass is 32.2. The maximum Gasteiger partial charge on any atom is 0.332 e. The molecule has 0 aliphatic carbocycles. The van der Waals surface area contributed by atoms with Gasteiger partial charge < -0.3 is 15.2 Å². The van der Waals surface area contributed by atoms with Crippen LogP contribution < -0.4 is 21.9 Å². The lowest BCUT2D eigenvalue weighted by molar-refractivity contribution is 0.494. The van der Waals surface area contributed by atoms with E-state index < -0.39 is 5.54 Å². The van der Waals surface area contributed by atoms with Crippen LogP contribution in [0.3, 0.4) is 0 Å². The first-order chi connectivity index (χ1) is 16.2. The second-order valence-electron chi connectivity index (χ2n) is 9.57. The van der Waals surface area contributed by atoms with E-state index in [1.165, 1.54) is 20.9 Å². The molecule has 1 aromatic carbocycles. The maximum atomic E-state index is 13.7. The molecular formula is C24H31N7O2S. The molecule has 10 heteroatoms. The molecule has 1 saturated heterocycles. The second kappa shape index (κ2) is 8.42. The van der Waals surface area contributed by atoms with Crippen molar-refractivity contribution in [3.63, 3.8) is 0 Å². The number of hydrogen-bond donors (Lipinski definition) is 1. The first-order valence-corrected chi connectivity index (χ1v) is 12.6. The SMILES string of the molecule is CCn1c(N2CCCC(N)C2)nc2c1c(=O)n(CC1=NC(C)(C)c3ccccc3S1)c(=O)n2C. The number of aromatic nitrogens is 4. The largest absolute Gasteiger partial charge is 0.341 e. The van der Waals surface area contributed by atoms with Gasteiger partial charge in [0.05, 0.1) is 17.1 Å². The fourth-order valence-corrected chi connectivity index (χ4v) is 6.31. The lowest BCUT2D eigenvalue weighted by Gasteiger charge is -2.31. The van der Waals surface area contributed by atoms with E-state index in [1.54, 1.807) is 7.05 Å². The maximum absolute atomic E-state index is 13.7. The molecule has 3 aromatic rings. The molecule has 2 aliphatic heterocycles. The third-order valence-corrected chi connectivity index (χ3v) is 7.77. The van der Waals surface area contributed by atoms with E-state index in [1.807, 2.05) is 23.6 Å². The van der Waals surface area contributed by atoms with Crippen LogP contribution in [0.15, 0.2) is 43.7 Å². The zero-order valence-electron chi connectivity index (χ0n) is 20.1. The number of imidazole rings is 1. The molecule has 4 heterocycles. The number of anilines is 1. The van der Waals surface area contributed by atoms with Gasteiger partial charge in [0.1, 0.15) is 0 Å². The van der Waals surface area contributed by atoms with Crippen LogP contribution in [0, 0.1) is 0 Å². The fourth-order valence-electron chi connectivity index (χ4n) is 5.02. The molecule has 1 fully saturated rings. The molecule has 0 saturated carbocycles. The van der Waals surface area contributed by atoms with Crippen LogP contribution in [0.25, 0.3) is 11.2 Å². The first kappa shape index (κ1) is 22.9. The predicted molar refractivity (Wildman–Crippen MR) is 137 cm³/mol. The Kier molecular flexibility index (Phi) is 5.68. The number of thioether (sulfide) groups is 1. The fraction of sp³-hybridized carbons (Fsp3) is 0.500.